The molecule has 4 nitrogen and oxygen atoms in total. The Labute approximate surface area is 105 Å². The smallest absolute Gasteiger partial charge is 0.227 e. The topological polar surface area (TPSA) is 62.1 Å². The lowest BCUT2D eigenvalue weighted by molar-refractivity contribution is -0.123. The molecule has 0 aliphatic heterocycles. The summed E-state index contributed by atoms with van der Waals surface area (Å²) in [4.78, 5) is 11.6. The van der Waals surface area contributed by atoms with Gasteiger partial charge in [-0.1, -0.05) is 23.7 Å². The third-order valence-corrected chi connectivity index (χ3v) is 2.23. The van der Waals surface area contributed by atoms with Crippen LogP contribution in [-0.4, -0.2) is 18.7 Å². The first kappa shape index (κ1) is 13.5. The number of nitrogens with one attached hydrogen (secondary N) is 1. The third-order valence-electron chi connectivity index (χ3n) is 2.00. The molecule has 0 aliphatic carbocycles. The van der Waals surface area contributed by atoms with E-state index in [9.17, 15) is 4.79 Å². The van der Waals surface area contributed by atoms with Gasteiger partial charge in [0.05, 0.1) is 6.42 Å². The maximum absolute atomic E-state index is 11.6. The van der Waals surface area contributed by atoms with Crippen molar-refractivity contribution in [2.24, 2.45) is 0 Å². The highest BCUT2D eigenvalue weighted by molar-refractivity contribution is 6.30. The molecule has 1 atom stereocenters. The molecule has 0 bridgehead atoms. The van der Waals surface area contributed by atoms with Crippen molar-refractivity contribution < 1.29 is 9.53 Å². The van der Waals surface area contributed by atoms with E-state index in [0.717, 1.165) is 5.56 Å². The van der Waals surface area contributed by atoms with Crippen LogP contribution in [-0.2, 0) is 16.0 Å². The Kier molecular flexibility index (Phi) is 5.47. The highest BCUT2D eigenvalue weighted by Gasteiger charge is 2.11. The van der Waals surface area contributed by atoms with Gasteiger partial charge in [0.1, 0.15) is 6.07 Å². The summed E-state index contributed by atoms with van der Waals surface area (Å²) in [6.45, 7) is 2.13. The van der Waals surface area contributed by atoms with Crippen molar-refractivity contribution in [3.05, 3.63) is 34.9 Å². The number of benzene rings is 1. The summed E-state index contributed by atoms with van der Waals surface area (Å²) in [6, 6.07) is 8.87. The molecular weight excluding hydrogens is 240 g/mol. The monoisotopic (exact) mass is 252 g/mol. The molecule has 0 spiro atoms. The van der Waals surface area contributed by atoms with Crippen LogP contribution in [0.1, 0.15) is 12.5 Å². The van der Waals surface area contributed by atoms with E-state index >= 15 is 0 Å². The molecule has 1 rings (SSSR count). The molecule has 1 amide bonds. The Balaban J connectivity index is 2.52. The number of hydrogen-bond acceptors (Lipinski definition) is 3. The molecule has 0 radical (unpaired) electrons. The standard InChI is InChI=1S/C12H13ClN2O2/c1-2-17-12(8-14)15-11(16)7-9-4-3-5-10(13)6-9/h3-6,12H,2,7H2,1H3,(H,15,16). The Morgan fingerprint density at radius 1 is 1.65 bits per heavy atom. The second-order valence-corrected chi connectivity index (χ2v) is 3.78. The first-order chi connectivity index (χ1) is 8.15. The van der Waals surface area contributed by atoms with Crippen LogP contribution >= 0.6 is 11.6 Å². The second-order valence-electron chi connectivity index (χ2n) is 3.34. The van der Waals surface area contributed by atoms with Crippen molar-refractivity contribution in [1.82, 2.24) is 5.32 Å². The van der Waals surface area contributed by atoms with Crippen LogP contribution < -0.4 is 5.32 Å². The highest BCUT2D eigenvalue weighted by Crippen LogP contribution is 2.11. The Bertz CT molecular complexity index is 429. The number of carbonyl (C=O) groups excluding carboxylic acids is 1. The molecule has 0 aromatic heterocycles. The average molecular weight is 253 g/mol. The minimum atomic E-state index is -0.897. The average Bonchev–Trinajstić information content (AvgIpc) is 2.28. The molecule has 0 saturated carbocycles. The number of ether oxygens (including phenoxy) is 1. The van der Waals surface area contributed by atoms with E-state index in [1.165, 1.54) is 0 Å². The van der Waals surface area contributed by atoms with Crippen LogP contribution in [0, 0.1) is 11.3 Å². The molecule has 0 heterocycles. The van der Waals surface area contributed by atoms with Crippen molar-refractivity contribution >= 4 is 17.5 Å². The van der Waals surface area contributed by atoms with Gasteiger partial charge >= 0.3 is 0 Å². The first-order valence-electron chi connectivity index (χ1n) is 5.20. The molecule has 0 aliphatic rings. The summed E-state index contributed by atoms with van der Waals surface area (Å²) in [6.07, 6.45) is -0.724. The van der Waals surface area contributed by atoms with Crippen LogP contribution in [0.2, 0.25) is 5.02 Å². The van der Waals surface area contributed by atoms with Crippen LogP contribution in [0.25, 0.3) is 0 Å². The summed E-state index contributed by atoms with van der Waals surface area (Å²) in [5.41, 5.74) is 0.795. The van der Waals surface area contributed by atoms with Crippen molar-refractivity contribution in [3.63, 3.8) is 0 Å². The van der Waals surface area contributed by atoms with Gasteiger partial charge in [-0.15, -0.1) is 0 Å². The maximum Gasteiger partial charge on any atom is 0.227 e. The lowest BCUT2D eigenvalue weighted by Crippen LogP contribution is -2.36. The number of halogens is 1. The predicted molar refractivity (Wildman–Crippen MR) is 64.3 cm³/mol. The van der Waals surface area contributed by atoms with E-state index in [1.54, 1.807) is 31.2 Å². The molecule has 90 valence electrons. The van der Waals surface area contributed by atoms with Crippen molar-refractivity contribution in [2.45, 2.75) is 19.6 Å². The fraction of sp³-hybridized carbons (Fsp3) is 0.333. The van der Waals surface area contributed by atoms with E-state index in [2.05, 4.69) is 5.32 Å². The lowest BCUT2D eigenvalue weighted by atomic mass is 10.1. The fourth-order valence-corrected chi connectivity index (χ4v) is 1.52. The van der Waals surface area contributed by atoms with Crippen molar-refractivity contribution in [2.75, 3.05) is 6.61 Å². The van der Waals surface area contributed by atoms with E-state index < -0.39 is 6.23 Å². The van der Waals surface area contributed by atoms with Gasteiger partial charge in [0.25, 0.3) is 0 Å². The van der Waals surface area contributed by atoms with Gasteiger partial charge in [0, 0.05) is 11.6 Å². The predicted octanol–water partition coefficient (Wildman–Crippen LogP) is 1.88. The van der Waals surface area contributed by atoms with Crippen molar-refractivity contribution in [3.8, 4) is 6.07 Å². The third kappa shape index (κ3) is 4.85. The van der Waals surface area contributed by atoms with Gasteiger partial charge in [-0.05, 0) is 24.6 Å². The van der Waals surface area contributed by atoms with Crippen molar-refractivity contribution in [1.29, 1.82) is 5.26 Å². The number of carbonyl (C=O) groups is 1. The number of rotatable bonds is 5. The first-order valence-corrected chi connectivity index (χ1v) is 5.58. The SMILES string of the molecule is CCOC(C#N)NC(=O)Cc1cccc(Cl)c1. The summed E-state index contributed by atoms with van der Waals surface area (Å²) in [5.74, 6) is -0.271. The molecule has 0 saturated heterocycles. The van der Waals surface area contributed by atoms with Gasteiger partial charge in [0.15, 0.2) is 0 Å². The quantitative estimate of drug-likeness (QED) is 0.814. The zero-order valence-electron chi connectivity index (χ0n) is 9.44. The summed E-state index contributed by atoms with van der Waals surface area (Å²) in [5, 5.41) is 11.8. The minimum absolute atomic E-state index is 0.172. The second kappa shape index (κ2) is 6.89. The van der Waals surface area contributed by atoms with Gasteiger partial charge in [-0.25, -0.2) is 0 Å². The van der Waals surface area contributed by atoms with Gasteiger partial charge in [-0.3, -0.25) is 4.79 Å². The number of amides is 1. The summed E-state index contributed by atoms with van der Waals surface area (Å²) >= 11 is 5.80. The molecular formula is C12H13ClN2O2. The summed E-state index contributed by atoms with van der Waals surface area (Å²) < 4.78 is 5.00. The van der Waals surface area contributed by atoms with Gasteiger partial charge in [0.2, 0.25) is 12.1 Å². The zero-order chi connectivity index (χ0) is 12.7. The Morgan fingerprint density at radius 3 is 3.00 bits per heavy atom. The molecule has 1 aromatic carbocycles. The molecule has 1 N–H and O–H groups in total. The number of hydrogen-bond donors (Lipinski definition) is 1. The van der Waals surface area contributed by atoms with E-state index in [4.69, 9.17) is 21.6 Å². The largest absolute Gasteiger partial charge is 0.346 e. The van der Waals surface area contributed by atoms with E-state index in [0.29, 0.717) is 11.6 Å². The number of nitrogens with zero attached hydrogens (tertiary/aromatic N) is 1. The van der Waals surface area contributed by atoms with Gasteiger partial charge in [-0.2, -0.15) is 5.26 Å². The fourth-order valence-electron chi connectivity index (χ4n) is 1.31. The minimum Gasteiger partial charge on any atom is -0.346 e. The molecule has 5 heteroatoms. The Morgan fingerprint density at radius 2 is 2.41 bits per heavy atom. The van der Waals surface area contributed by atoms with Crippen LogP contribution in [0.5, 0.6) is 0 Å². The maximum atomic E-state index is 11.6. The summed E-state index contributed by atoms with van der Waals surface area (Å²) in [7, 11) is 0. The molecule has 17 heavy (non-hydrogen) atoms. The van der Waals surface area contributed by atoms with E-state index in [1.807, 2.05) is 6.07 Å². The lowest BCUT2D eigenvalue weighted by Gasteiger charge is -2.11. The van der Waals surface area contributed by atoms with Crippen LogP contribution in [0.4, 0.5) is 0 Å². The zero-order valence-corrected chi connectivity index (χ0v) is 10.2. The van der Waals surface area contributed by atoms with Gasteiger partial charge < -0.3 is 10.1 Å². The Hall–Kier alpha value is -1.57. The molecule has 1 aromatic rings. The van der Waals surface area contributed by atoms with E-state index in [-0.39, 0.29) is 12.3 Å². The molecule has 0 fully saturated rings. The normalized spacial score (nSPS) is 11.6. The number of nitriles is 1. The molecule has 1 unspecified atom stereocenters. The van der Waals surface area contributed by atoms with Crippen LogP contribution in [0.15, 0.2) is 24.3 Å². The highest BCUT2D eigenvalue weighted by atomic mass is 35.5. The van der Waals surface area contributed by atoms with Crippen LogP contribution in [0.3, 0.4) is 0 Å².